The van der Waals surface area contributed by atoms with Crippen molar-refractivity contribution >= 4 is 11.9 Å². The summed E-state index contributed by atoms with van der Waals surface area (Å²) in [6.45, 7) is 2.10. The number of rotatable bonds is 5. The molecule has 3 N–H and O–H groups in total. The summed E-state index contributed by atoms with van der Waals surface area (Å²) in [6.07, 6.45) is 0.577. The fraction of sp³-hybridized carbons (Fsp3) is 0.778. The molecule has 0 spiro atoms. The second kappa shape index (κ2) is 4.41. The molecule has 80 valence electrons. The third-order valence-electron chi connectivity index (χ3n) is 2.39. The molecule has 0 radical (unpaired) electrons. The summed E-state index contributed by atoms with van der Waals surface area (Å²) in [7, 11) is 0. The number of hydrogen-bond donors (Lipinski definition) is 2. The van der Waals surface area contributed by atoms with Gasteiger partial charge in [-0.1, -0.05) is 0 Å². The van der Waals surface area contributed by atoms with Gasteiger partial charge in [0.1, 0.15) is 0 Å². The van der Waals surface area contributed by atoms with Crippen molar-refractivity contribution < 1.29 is 19.4 Å². The number of aliphatic carboxylic acids is 1. The molecule has 1 rings (SSSR count). The van der Waals surface area contributed by atoms with Crippen LogP contribution in [0.3, 0.4) is 0 Å². The van der Waals surface area contributed by atoms with Gasteiger partial charge in [0.15, 0.2) is 0 Å². The second-order valence-electron chi connectivity index (χ2n) is 3.52. The molecule has 5 heteroatoms. The topological polar surface area (TPSA) is 89.6 Å². The lowest BCUT2D eigenvalue weighted by Gasteiger charge is -2.07. The van der Waals surface area contributed by atoms with Crippen LogP contribution in [0.25, 0.3) is 0 Å². The highest BCUT2D eigenvalue weighted by Gasteiger charge is 2.47. The van der Waals surface area contributed by atoms with Gasteiger partial charge >= 0.3 is 11.9 Å². The van der Waals surface area contributed by atoms with Crippen LogP contribution in [0.15, 0.2) is 0 Å². The molecule has 1 saturated carbocycles. The molecule has 3 atom stereocenters. The third kappa shape index (κ3) is 2.70. The Bertz CT molecular complexity index is 241. The molecule has 0 heterocycles. The monoisotopic (exact) mass is 201 g/mol. The molecule has 1 aliphatic carbocycles. The van der Waals surface area contributed by atoms with Gasteiger partial charge in [-0.25, -0.2) is 0 Å². The summed E-state index contributed by atoms with van der Waals surface area (Å²) < 4.78 is 4.81. The van der Waals surface area contributed by atoms with Crippen molar-refractivity contribution in [2.75, 3.05) is 6.61 Å². The normalized spacial score (nSPS) is 26.7. The Labute approximate surface area is 82.2 Å². The Hall–Kier alpha value is -1.10. The average Bonchev–Trinajstić information content (AvgIpc) is 2.81. The maximum atomic E-state index is 11.2. The summed E-state index contributed by atoms with van der Waals surface area (Å²) in [4.78, 5) is 21.5. The molecule has 0 aromatic heterocycles. The van der Waals surface area contributed by atoms with Crippen LogP contribution in [0.4, 0.5) is 0 Å². The van der Waals surface area contributed by atoms with Gasteiger partial charge in [-0.15, -0.1) is 0 Å². The number of carboxylic acid groups (broad SMARTS) is 1. The minimum atomic E-state index is -0.924. The first-order valence-corrected chi connectivity index (χ1v) is 4.70. The third-order valence-corrected chi connectivity index (χ3v) is 2.39. The Morgan fingerprint density at radius 1 is 1.64 bits per heavy atom. The minimum Gasteiger partial charge on any atom is -0.481 e. The zero-order chi connectivity index (χ0) is 10.7. The number of esters is 1. The first kappa shape index (κ1) is 11.0. The fourth-order valence-electron chi connectivity index (χ4n) is 1.56. The van der Waals surface area contributed by atoms with Gasteiger partial charge in [0.05, 0.1) is 18.9 Å². The van der Waals surface area contributed by atoms with Gasteiger partial charge in [0, 0.05) is 6.04 Å². The van der Waals surface area contributed by atoms with Crippen LogP contribution in [0, 0.1) is 11.8 Å². The van der Waals surface area contributed by atoms with Gasteiger partial charge in [0.2, 0.25) is 0 Å². The lowest BCUT2D eigenvalue weighted by molar-refractivity contribution is -0.145. The molecule has 3 unspecified atom stereocenters. The van der Waals surface area contributed by atoms with E-state index in [1.54, 1.807) is 6.92 Å². The summed E-state index contributed by atoms with van der Waals surface area (Å²) in [5.74, 6) is -1.36. The molecular formula is C9H15NO4. The van der Waals surface area contributed by atoms with E-state index < -0.39 is 12.0 Å². The van der Waals surface area contributed by atoms with Crippen molar-refractivity contribution in [2.24, 2.45) is 17.6 Å². The molecular weight excluding hydrogens is 186 g/mol. The SMILES string of the molecule is CCOC(=O)C1CC1C(N)CC(=O)O. The highest BCUT2D eigenvalue weighted by Crippen LogP contribution is 2.42. The molecule has 0 bridgehead atoms. The summed E-state index contributed by atoms with van der Waals surface area (Å²) in [6, 6.07) is -0.429. The summed E-state index contributed by atoms with van der Waals surface area (Å²) in [5.41, 5.74) is 5.62. The highest BCUT2D eigenvalue weighted by atomic mass is 16.5. The van der Waals surface area contributed by atoms with E-state index in [4.69, 9.17) is 15.6 Å². The largest absolute Gasteiger partial charge is 0.481 e. The van der Waals surface area contributed by atoms with Crippen molar-refractivity contribution in [3.63, 3.8) is 0 Å². The van der Waals surface area contributed by atoms with Crippen molar-refractivity contribution in [3.05, 3.63) is 0 Å². The predicted molar refractivity (Wildman–Crippen MR) is 48.5 cm³/mol. The van der Waals surface area contributed by atoms with Gasteiger partial charge < -0.3 is 15.6 Å². The molecule has 0 aliphatic heterocycles. The van der Waals surface area contributed by atoms with E-state index in [9.17, 15) is 9.59 Å². The van der Waals surface area contributed by atoms with Crippen LogP contribution in [0.1, 0.15) is 19.8 Å². The van der Waals surface area contributed by atoms with Crippen molar-refractivity contribution in [2.45, 2.75) is 25.8 Å². The molecule has 0 amide bonds. The van der Waals surface area contributed by atoms with E-state index in [0.29, 0.717) is 13.0 Å². The molecule has 0 saturated heterocycles. The van der Waals surface area contributed by atoms with Crippen LogP contribution in [-0.2, 0) is 14.3 Å². The standard InChI is InChI=1S/C9H15NO4/c1-2-14-9(13)6-3-5(6)7(10)4-8(11)12/h5-7H,2-4,10H2,1H3,(H,11,12). The van der Waals surface area contributed by atoms with Crippen LogP contribution in [-0.4, -0.2) is 29.7 Å². The number of ether oxygens (including phenoxy) is 1. The molecule has 0 aromatic carbocycles. The van der Waals surface area contributed by atoms with Crippen LogP contribution in [0.2, 0.25) is 0 Å². The first-order valence-electron chi connectivity index (χ1n) is 4.70. The Balaban J connectivity index is 2.31. The van der Waals surface area contributed by atoms with Gasteiger partial charge in [-0.3, -0.25) is 9.59 Å². The quantitative estimate of drug-likeness (QED) is 0.610. The number of nitrogens with two attached hydrogens (primary N) is 1. The predicted octanol–water partition coefficient (Wildman–Crippen LogP) is -0.0124. The number of carboxylic acids is 1. The van der Waals surface area contributed by atoms with Crippen molar-refractivity contribution in [1.29, 1.82) is 0 Å². The molecule has 1 aliphatic rings. The van der Waals surface area contributed by atoms with E-state index in [2.05, 4.69) is 0 Å². The van der Waals surface area contributed by atoms with E-state index in [1.807, 2.05) is 0 Å². The van der Waals surface area contributed by atoms with Crippen molar-refractivity contribution in [3.8, 4) is 0 Å². The van der Waals surface area contributed by atoms with E-state index in [0.717, 1.165) is 0 Å². The number of hydrogen-bond acceptors (Lipinski definition) is 4. The zero-order valence-corrected chi connectivity index (χ0v) is 8.10. The van der Waals surface area contributed by atoms with Crippen molar-refractivity contribution in [1.82, 2.24) is 0 Å². The van der Waals surface area contributed by atoms with Crippen LogP contribution >= 0.6 is 0 Å². The van der Waals surface area contributed by atoms with Crippen LogP contribution < -0.4 is 5.73 Å². The average molecular weight is 201 g/mol. The highest BCUT2D eigenvalue weighted by molar-refractivity contribution is 5.76. The lowest BCUT2D eigenvalue weighted by atomic mass is 10.1. The lowest BCUT2D eigenvalue weighted by Crippen LogP contribution is -2.28. The minimum absolute atomic E-state index is 0.00912. The Kier molecular flexibility index (Phi) is 3.46. The summed E-state index contributed by atoms with van der Waals surface area (Å²) >= 11 is 0. The van der Waals surface area contributed by atoms with Gasteiger partial charge in [0.25, 0.3) is 0 Å². The van der Waals surface area contributed by atoms with Gasteiger partial charge in [-0.05, 0) is 19.3 Å². The van der Waals surface area contributed by atoms with E-state index >= 15 is 0 Å². The van der Waals surface area contributed by atoms with E-state index in [1.165, 1.54) is 0 Å². The van der Waals surface area contributed by atoms with Gasteiger partial charge in [-0.2, -0.15) is 0 Å². The van der Waals surface area contributed by atoms with E-state index in [-0.39, 0.29) is 24.2 Å². The molecule has 0 aromatic rings. The maximum Gasteiger partial charge on any atom is 0.309 e. The number of carbonyl (C=O) groups is 2. The number of carbonyl (C=O) groups excluding carboxylic acids is 1. The zero-order valence-electron chi connectivity index (χ0n) is 8.10. The molecule has 14 heavy (non-hydrogen) atoms. The first-order chi connectivity index (χ1) is 6.56. The molecule has 1 fully saturated rings. The second-order valence-corrected chi connectivity index (χ2v) is 3.52. The smallest absolute Gasteiger partial charge is 0.309 e. The van der Waals surface area contributed by atoms with Crippen LogP contribution in [0.5, 0.6) is 0 Å². The fourth-order valence-corrected chi connectivity index (χ4v) is 1.56. The Morgan fingerprint density at radius 3 is 2.79 bits per heavy atom. The Morgan fingerprint density at radius 2 is 2.29 bits per heavy atom. The molecule has 5 nitrogen and oxygen atoms in total. The maximum absolute atomic E-state index is 11.2. The summed E-state index contributed by atoms with van der Waals surface area (Å²) in [5, 5.41) is 8.49.